The lowest BCUT2D eigenvalue weighted by atomic mass is 10.1. The second-order valence-electron chi connectivity index (χ2n) is 8.39. The molecule has 6 heteroatoms. The Morgan fingerprint density at radius 1 is 1.00 bits per heavy atom. The second kappa shape index (κ2) is 11.5. The van der Waals surface area contributed by atoms with Gasteiger partial charge in [0.15, 0.2) is 0 Å². The molecular weight excluding hydrogens is 428 g/mol. The first kappa shape index (κ1) is 23.5. The van der Waals surface area contributed by atoms with E-state index in [4.69, 9.17) is 9.47 Å². The number of benzene rings is 3. The monoisotopic (exact) mass is 458 g/mol. The van der Waals surface area contributed by atoms with Gasteiger partial charge >= 0.3 is 0 Å². The normalized spacial score (nSPS) is 15.0. The van der Waals surface area contributed by atoms with Crippen LogP contribution in [0.3, 0.4) is 0 Å². The predicted octanol–water partition coefficient (Wildman–Crippen LogP) is 4.38. The molecule has 176 valence electrons. The first-order chi connectivity index (χ1) is 16.6. The maximum atomic E-state index is 13.5. The summed E-state index contributed by atoms with van der Waals surface area (Å²) in [6.07, 6.45) is 2.46. The topological polar surface area (TPSA) is 67.9 Å². The quantitative estimate of drug-likeness (QED) is 0.517. The molecular formula is C28H30N2O4. The van der Waals surface area contributed by atoms with Crippen LogP contribution in [-0.2, 0) is 22.5 Å². The van der Waals surface area contributed by atoms with Crippen molar-refractivity contribution in [2.24, 2.45) is 0 Å². The van der Waals surface area contributed by atoms with Crippen LogP contribution >= 0.6 is 0 Å². The van der Waals surface area contributed by atoms with E-state index in [-0.39, 0.29) is 24.3 Å². The van der Waals surface area contributed by atoms with Gasteiger partial charge in [-0.05, 0) is 54.3 Å². The fraction of sp³-hybridized carbons (Fsp3) is 0.286. The van der Waals surface area contributed by atoms with Gasteiger partial charge in [-0.25, -0.2) is 0 Å². The summed E-state index contributed by atoms with van der Waals surface area (Å²) in [7, 11) is 1.58. The Bertz CT molecular complexity index is 1090. The number of methoxy groups -OCH3 is 1. The number of rotatable bonds is 9. The highest BCUT2D eigenvalue weighted by Crippen LogP contribution is 2.23. The number of hydrogen-bond acceptors (Lipinski definition) is 4. The third-order valence-electron chi connectivity index (χ3n) is 5.91. The maximum absolute atomic E-state index is 13.5. The minimum absolute atomic E-state index is 0.0307. The molecule has 1 atom stereocenters. The van der Waals surface area contributed by atoms with Crippen molar-refractivity contribution in [1.82, 2.24) is 5.32 Å². The lowest BCUT2D eigenvalue weighted by Crippen LogP contribution is -2.32. The molecule has 1 aliphatic rings. The molecule has 1 unspecified atom stereocenters. The summed E-state index contributed by atoms with van der Waals surface area (Å²) >= 11 is 0. The molecule has 0 bridgehead atoms. The molecule has 4 rings (SSSR count). The summed E-state index contributed by atoms with van der Waals surface area (Å²) < 4.78 is 10.9. The molecule has 2 amide bonds. The van der Waals surface area contributed by atoms with Gasteiger partial charge in [-0.1, -0.05) is 48.5 Å². The molecule has 6 nitrogen and oxygen atoms in total. The average molecular weight is 459 g/mol. The van der Waals surface area contributed by atoms with Gasteiger partial charge in [-0.15, -0.1) is 0 Å². The molecule has 0 spiro atoms. The number of carbonyl (C=O) groups excluding carboxylic acids is 2. The van der Waals surface area contributed by atoms with Crippen LogP contribution in [0.5, 0.6) is 5.75 Å². The molecule has 1 N–H and O–H groups in total. The number of carbonyl (C=O) groups is 2. The molecule has 1 aliphatic heterocycles. The van der Waals surface area contributed by atoms with E-state index in [0.29, 0.717) is 24.4 Å². The number of amides is 2. The molecule has 0 aliphatic carbocycles. The van der Waals surface area contributed by atoms with Crippen molar-refractivity contribution in [2.75, 3.05) is 25.2 Å². The highest BCUT2D eigenvalue weighted by atomic mass is 16.5. The summed E-state index contributed by atoms with van der Waals surface area (Å²) in [6, 6.07) is 24.6. The number of anilines is 1. The van der Waals surface area contributed by atoms with Crippen LogP contribution in [0.4, 0.5) is 5.69 Å². The van der Waals surface area contributed by atoms with Crippen molar-refractivity contribution in [2.45, 2.75) is 31.9 Å². The zero-order valence-electron chi connectivity index (χ0n) is 19.4. The number of nitrogens with zero attached hydrogens (tertiary/aromatic N) is 1. The molecule has 3 aromatic carbocycles. The van der Waals surface area contributed by atoms with E-state index in [1.807, 2.05) is 66.7 Å². The van der Waals surface area contributed by atoms with Crippen molar-refractivity contribution >= 4 is 17.5 Å². The minimum atomic E-state index is -0.121. The Hall–Kier alpha value is -3.64. The van der Waals surface area contributed by atoms with Crippen molar-refractivity contribution in [3.8, 4) is 5.75 Å². The van der Waals surface area contributed by atoms with Gasteiger partial charge in [-0.2, -0.15) is 0 Å². The third-order valence-corrected chi connectivity index (χ3v) is 5.91. The van der Waals surface area contributed by atoms with E-state index in [1.165, 1.54) is 0 Å². The summed E-state index contributed by atoms with van der Waals surface area (Å²) in [5, 5.41) is 2.95. The van der Waals surface area contributed by atoms with Gasteiger partial charge in [0.1, 0.15) is 5.75 Å². The summed E-state index contributed by atoms with van der Waals surface area (Å²) in [5.41, 5.74) is 3.23. The smallest absolute Gasteiger partial charge is 0.258 e. The SMILES string of the molecule is COc1cccc(C(=O)N(Cc2ccccc2)c2ccc(CC(=O)NCC3CCCO3)cc2)c1. The largest absolute Gasteiger partial charge is 0.497 e. The van der Waals surface area contributed by atoms with Gasteiger partial charge in [-0.3, -0.25) is 9.59 Å². The van der Waals surface area contributed by atoms with Crippen molar-refractivity contribution in [1.29, 1.82) is 0 Å². The lowest BCUT2D eigenvalue weighted by Gasteiger charge is -2.24. The molecule has 1 saturated heterocycles. The Morgan fingerprint density at radius 2 is 1.79 bits per heavy atom. The van der Waals surface area contributed by atoms with Crippen LogP contribution < -0.4 is 15.0 Å². The maximum Gasteiger partial charge on any atom is 0.258 e. The Kier molecular flexibility index (Phi) is 7.94. The first-order valence-electron chi connectivity index (χ1n) is 11.6. The van der Waals surface area contributed by atoms with E-state index in [2.05, 4.69) is 5.32 Å². The summed E-state index contributed by atoms with van der Waals surface area (Å²) in [4.78, 5) is 27.6. The summed E-state index contributed by atoms with van der Waals surface area (Å²) in [5.74, 6) is 0.483. The van der Waals surface area contributed by atoms with Gasteiger partial charge in [0.25, 0.3) is 5.91 Å². The van der Waals surface area contributed by atoms with Crippen molar-refractivity contribution in [3.63, 3.8) is 0 Å². The van der Waals surface area contributed by atoms with Crippen LogP contribution in [0.25, 0.3) is 0 Å². The molecule has 3 aromatic rings. The zero-order chi connectivity index (χ0) is 23.8. The molecule has 1 heterocycles. The van der Waals surface area contributed by atoms with Crippen LogP contribution in [-0.4, -0.2) is 38.2 Å². The van der Waals surface area contributed by atoms with Gasteiger partial charge < -0.3 is 19.7 Å². The van der Waals surface area contributed by atoms with E-state index in [9.17, 15) is 9.59 Å². The lowest BCUT2D eigenvalue weighted by molar-refractivity contribution is -0.120. The van der Waals surface area contributed by atoms with Gasteiger partial charge in [0, 0.05) is 24.4 Å². The van der Waals surface area contributed by atoms with E-state index >= 15 is 0 Å². The third kappa shape index (κ3) is 6.23. The molecule has 1 fully saturated rings. The Balaban J connectivity index is 1.48. The summed E-state index contributed by atoms with van der Waals surface area (Å²) in [6.45, 7) is 1.75. The van der Waals surface area contributed by atoms with Crippen LogP contribution in [0.1, 0.15) is 34.3 Å². The minimum Gasteiger partial charge on any atom is -0.497 e. The number of ether oxygens (including phenoxy) is 2. The van der Waals surface area contributed by atoms with E-state index < -0.39 is 0 Å². The van der Waals surface area contributed by atoms with Crippen LogP contribution in [0.2, 0.25) is 0 Å². The van der Waals surface area contributed by atoms with Gasteiger partial charge in [0.2, 0.25) is 5.91 Å². The zero-order valence-corrected chi connectivity index (χ0v) is 19.4. The van der Waals surface area contributed by atoms with E-state index in [1.54, 1.807) is 24.1 Å². The molecule has 34 heavy (non-hydrogen) atoms. The number of nitrogens with one attached hydrogen (secondary N) is 1. The molecule has 0 saturated carbocycles. The Labute approximate surface area is 200 Å². The average Bonchev–Trinajstić information content (AvgIpc) is 3.41. The van der Waals surface area contributed by atoms with Crippen LogP contribution in [0, 0.1) is 0 Å². The van der Waals surface area contributed by atoms with Crippen molar-refractivity contribution in [3.05, 3.63) is 95.6 Å². The molecule has 0 radical (unpaired) electrons. The first-order valence-corrected chi connectivity index (χ1v) is 11.6. The Morgan fingerprint density at radius 3 is 2.50 bits per heavy atom. The fourth-order valence-corrected chi connectivity index (χ4v) is 4.03. The van der Waals surface area contributed by atoms with Crippen molar-refractivity contribution < 1.29 is 19.1 Å². The predicted molar refractivity (Wildman–Crippen MR) is 132 cm³/mol. The number of hydrogen-bond donors (Lipinski definition) is 1. The second-order valence-corrected chi connectivity index (χ2v) is 8.39. The highest BCUT2D eigenvalue weighted by molar-refractivity contribution is 6.06. The fourth-order valence-electron chi connectivity index (χ4n) is 4.03. The van der Waals surface area contributed by atoms with Crippen LogP contribution in [0.15, 0.2) is 78.9 Å². The van der Waals surface area contributed by atoms with E-state index in [0.717, 1.165) is 36.3 Å². The highest BCUT2D eigenvalue weighted by Gasteiger charge is 2.20. The standard InChI is InChI=1S/C28H30N2O4/c1-33-25-10-5-9-23(18-25)28(32)30(20-22-7-3-2-4-8-22)24-14-12-21(13-15-24)17-27(31)29-19-26-11-6-16-34-26/h2-5,7-10,12-15,18,26H,6,11,16-17,19-20H2,1H3,(H,29,31). The van der Waals surface area contributed by atoms with Gasteiger partial charge in [0.05, 0.1) is 26.2 Å². The molecule has 0 aromatic heterocycles.